The third-order valence-electron chi connectivity index (χ3n) is 2.99. The second-order valence-electron chi connectivity index (χ2n) is 4.80. The van der Waals surface area contributed by atoms with Gasteiger partial charge >= 0.3 is 0 Å². The lowest BCUT2D eigenvalue weighted by Gasteiger charge is -2.23. The highest BCUT2D eigenvalue weighted by atomic mass is 35.5. The number of nitro groups is 1. The molecule has 0 saturated carbocycles. The maximum atomic E-state index is 10.7. The zero-order chi connectivity index (χ0) is 14.7. The van der Waals surface area contributed by atoms with E-state index in [0.717, 1.165) is 0 Å². The van der Waals surface area contributed by atoms with Crippen molar-refractivity contribution >= 4 is 34.3 Å². The van der Waals surface area contributed by atoms with Crippen LogP contribution in [0.1, 0.15) is 24.8 Å². The Morgan fingerprint density at radius 3 is 2.60 bits per heavy atom. The van der Waals surface area contributed by atoms with Gasteiger partial charge in [0.25, 0.3) is 5.69 Å². The van der Waals surface area contributed by atoms with Crippen molar-refractivity contribution in [2.45, 2.75) is 19.9 Å². The van der Waals surface area contributed by atoms with Crippen LogP contribution < -0.4 is 5.32 Å². The number of non-ortho nitro benzene ring substituents is 1. The van der Waals surface area contributed by atoms with E-state index in [1.54, 1.807) is 17.4 Å². The highest BCUT2D eigenvalue weighted by Gasteiger charge is 2.18. The van der Waals surface area contributed by atoms with Crippen molar-refractivity contribution in [2.75, 3.05) is 5.32 Å². The lowest BCUT2D eigenvalue weighted by Crippen LogP contribution is -2.15. The van der Waals surface area contributed by atoms with Crippen LogP contribution >= 0.6 is 22.9 Å². The van der Waals surface area contributed by atoms with Crippen LogP contribution in [0.2, 0.25) is 5.02 Å². The first-order valence-electron chi connectivity index (χ1n) is 6.23. The van der Waals surface area contributed by atoms with Gasteiger partial charge in [0.15, 0.2) is 0 Å². The number of hydrogen-bond donors (Lipinski definition) is 1. The van der Waals surface area contributed by atoms with E-state index in [4.69, 9.17) is 11.6 Å². The molecule has 0 amide bonds. The molecule has 0 aliphatic carbocycles. The molecule has 1 unspecified atom stereocenters. The van der Waals surface area contributed by atoms with E-state index in [1.807, 2.05) is 11.4 Å². The Hall–Kier alpha value is -1.59. The van der Waals surface area contributed by atoms with Gasteiger partial charge in [-0.15, -0.1) is 11.3 Å². The lowest BCUT2D eigenvalue weighted by atomic mass is 10.0. The number of nitro benzene ring substituents is 1. The summed E-state index contributed by atoms with van der Waals surface area (Å²) in [5.74, 6) is 0.375. The third kappa shape index (κ3) is 3.29. The summed E-state index contributed by atoms with van der Waals surface area (Å²) in [6.07, 6.45) is 0. The molecule has 4 nitrogen and oxygen atoms in total. The molecular formula is C14H15ClN2O2S. The molecule has 1 heterocycles. The summed E-state index contributed by atoms with van der Waals surface area (Å²) in [5, 5.41) is 16.5. The van der Waals surface area contributed by atoms with Gasteiger partial charge in [-0.2, -0.15) is 0 Å². The van der Waals surface area contributed by atoms with Crippen LogP contribution in [0.3, 0.4) is 0 Å². The maximum Gasteiger partial charge on any atom is 0.271 e. The number of anilines is 1. The number of nitrogens with one attached hydrogen (secondary N) is 1. The van der Waals surface area contributed by atoms with Crippen LogP contribution in [0.4, 0.5) is 11.4 Å². The number of halogens is 1. The quantitative estimate of drug-likeness (QED) is 0.616. The molecule has 0 fully saturated rings. The second kappa shape index (κ2) is 6.24. The zero-order valence-corrected chi connectivity index (χ0v) is 12.7. The summed E-state index contributed by atoms with van der Waals surface area (Å²) in [6, 6.07) is 8.70. The molecule has 2 aromatic rings. The van der Waals surface area contributed by atoms with Gasteiger partial charge in [0.05, 0.1) is 21.7 Å². The summed E-state index contributed by atoms with van der Waals surface area (Å²) in [4.78, 5) is 11.5. The van der Waals surface area contributed by atoms with Crippen LogP contribution in [-0.2, 0) is 0 Å². The minimum atomic E-state index is -0.450. The van der Waals surface area contributed by atoms with Crippen molar-refractivity contribution in [1.82, 2.24) is 0 Å². The first kappa shape index (κ1) is 14.8. The van der Waals surface area contributed by atoms with Crippen LogP contribution in [0.15, 0.2) is 35.7 Å². The lowest BCUT2D eigenvalue weighted by molar-refractivity contribution is -0.384. The molecular weight excluding hydrogens is 296 g/mol. The molecule has 0 spiro atoms. The Labute approximate surface area is 126 Å². The van der Waals surface area contributed by atoms with Gasteiger partial charge in [-0.1, -0.05) is 31.5 Å². The number of benzene rings is 1. The zero-order valence-electron chi connectivity index (χ0n) is 11.2. The number of hydrogen-bond acceptors (Lipinski definition) is 4. The Kier molecular flexibility index (Phi) is 4.62. The summed E-state index contributed by atoms with van der Waals surface area (Å²) in [6.45, 7) is 4.24. The monoisotopic (exact) mass is 310 g/mol. The standard InChI is InChI=1S/C14H15ClN2O2S/c1-9(2)14(13-4-3-7-20-13)16-12-6-5-10(17(18)19)8-11(12)15/h3-9,14,16H,1-2H3. The summed E-state index contributed by atoms with van der Waals surface area (Å²) in [7, 11) is 0. The average Bonchev–Trinajstić information content (AvgIpc) is 2.90. The molecule has 1 N–H and O–H groups in total. The highest BCUT2D eigenvalue weighted by molar-refractivity contribution is 7.10. The van der Waals surface area contributed by atoms with Crippen molar-refractivity contribution in [3.05, 3.63) is 55.7 Å². The second-order valence-corrected chi connectivity index (χ2v) is 6.19. The first-order valence-corrected chi connectivity index (χ1v) is 7.48. The van der Waals surface area contributed by atoms with Gasteiger partial charge < -0.3 is 5.32 Å². The van der Waals surface area contributed by atoms with Gasteiger partial charge in [0.2, 0.25) is 0 Å². The molecule has 0 saturated heterocycles. The van der Waals surface area contributed by atoms with E-state index >= 15 is 0 Å². The largest absolute Gasteiger partial charge is 0.376 e. The fourth-order valence-electron chi connectivity index (χ4n) is 1.94. The Morgan fingerprint density at radius 1 is 1.35 bits per heavy atom. The van der Waals surface area contributed by atoms with Gasteiger partial charge in [-0.25, -0.2) is 0 Å². The van der Waals surface area contributed by atoms with Crippen molar-refractivity contribution in [2.24, 2.45) is 5.92 Å². The summed E-state index contributed by atoms with van der Waals surface area (Å²) >= 11 is 7.80. The van der Waals surface area contributed by atoms with Crippen molar-refractivity contribution < 1.29 is 4.92 Å². The van der Waals surface area contributed by atoms with Crippen LogP contribution in [-0.4, -0.2) is 4.92 Å². The number of rotatable bonds is 5. The van der Waals surface area contributed by atoms with Crippen molar-refractivity contribution in [1.29, 1.82) is 0 Å². The Bertz CT molecular complexity index is 599. The smallest absolute Gasteiger partial charge is 0.271 e. The predicted octanol–water partition coefficient (Wildman–Crippen LogP) is 5.12. The SMILES string of the molecule is CC(C)C(Nc1ccc([N+](=O)[O-])cc1Cl)c1cccs1. The molecule has 1 aromatic carbocycles. The molecule has 2 rings (SSSR count). The molecule has 20 heavy (non-hydrogen) atoms. The van der Waals surface area contributed by atoms with Gasteiger partial charge in [-0.3, -0.25) is 10.1 Å². The number of nitrogens with zero attached hydrogens (tertiary/aromatic N) is 1. The Balaban J connectivity index is 2.25. The van der Waals surface area contributed by atoms with Gasteiger partial charge in [0.1, 0.15) is 0 Å². The van der Waals surface area contributed by atoms with Gasteiger partial charge in [0, 0.05) is 17.0 Å². The summed E-state index contributed by atoms with van der Waals surface area (Å²) in [5.41, 5.74) is 0.710. The van der Waals surface area contributed by atoms with E-state index in [9.17, 15) is 10.1 Å². The normalized spacial score (nSPS) is 12.4. The molecule has 1 aromatic heterocycles. The predicted molar refractivity (Wildman–Crippen MR) is 83.6 cm³/mol. The highest BCUT2D eigenvalue weighted by Crippen LogP contribution is 2.34. The molecule has 0 radical (unpaired) electrons. The van der Waals surface area contributed by atoms with Crippen LogP contribution in [0.25, 0.3) is 0 Å². The topological polar surface area (TPSA) is 55.2 Å². The minimum absolute atomic E-state index is 0.00206. The van der Waals surface area contributed by atoms with Gasteiger partial charge in [-0.05, 0) is 23.4 Å². The average molecular weight is 311 g/mol. The van der Waals surface area contributed by atoms with Crippen LogP contribution in [0.5, 0.6) is 0 Å². The van der Waals surface area contributed by atoms with Crippen molar-refractivity contribution in [3.8, 4) is 0 Å². The van der Waals surface area contributed by atoms with E-state index in [-0.39, 0.29) is 11.7 Å². The Morgan fingerprint density at radius 2 is 2.10 bits per heavy atom. The van der Waals surface area contributed by atoms with E-state index < -0.39 is 4.92 Å². The molecule has 0 bridgehead atoms. The summed E-state index contributed by atoms with van der Waals surface area (Å²) < 4.78 is 0. The first-order chi connectivity index (χ1) is 9.49. The fourth-order valence-corrected chi connectivity index (χ4v) is 3.12. The van der Waals surface area contributed by atoms with Crippen LogP contribution in [0, 0.1) is 16.0 Å². The molecule has 6 heteroatoms. The molecule has 0 aliphatic heterocycles. The van der Waals surface area contributed by atoms with E-state index in [0.29, 0.717) is 16.6 Å². The third-order valence-corrected chi connectivity index (χ3v) is 4.26. The number of thiophene rings is 1. The van der Waals surface area contributed by atoms with E-state index in [2.05, 4.69) is 25.2 Å². The maximum absolute atomic E-state index is 10.7. The van der Waals surface area contributed by atoms with Crippen molar-refractivity contribution in [3.63, 3.8) is 0 Å². The molecule has 106 valence electrons. The molecule has 1 atom stereocenters. The molecule has 0 aliphatic rings. The van der Waals surface area contributed by atoms with E-state index in [1.165, 1.54) is 17.0 Å². The fraction of sp³-hybridized carbons (Fsp3) is 0.286. The minimum Gasteiger partial charge on any atom is -0.376 e.